The first-order valence-corrected chi connectivity index (χ1v) is 9.98. The van der Waals surface area contributed by atoms with Crippen LogP contribution in [0, 0.1) is 6.92 Å². The number of ether oxygens (including phenoxy) is 1. The number of carbonyl (C=O) groups is 1. The van der Waals surface area contributed by atoms with Crippen molar-refractivity contribution in [2.45, 2.75) is 19.3 Å². The third-order valence-corrected chi connectivity index (χ3v) is 6.13. The maximum Gasteiger partial charge on any atom is 0.226 e. The number of methoxy groups -OCH3 is 1. The van der Waals surface area contributed by atoms with Gasteiger partial charge in [0.05, 0.1) is 23.0 Å². The number of hydrogen-bond donors (Lipinski definition) is 2. The zero-order valence-corrected chi connectivity index (χ0v) is 16.7. The molecule has 1 amide bonds. The van der Waals surface area contributed by atoms with Gasteiger partial charge in [0.2, 0.25) is 11.0 Å². The van der Waals surface area contributed by atoms with E-state index in [1.54, 1.807) is 30.0 Å². The Balaban J connectivity index is 1.66. The van der Waals surface area contributed by atoms with E-state index in [1.165, 1.54) is 11.3 Å². The Morgan fingerprint density at radius 1 is 1.28 bits per heavy atom. The van der Waals surface area contributed by atoms with Gasteiger partial charge < -0.3 is 15.2 Å². The molecule has 0 aliphatic carbocycles. The topological polar surface area (TPSA) is 89.3 Å². The van der Waals surface area contributed by atoms with Crippen LogP contribution in [0.15, 0.2) is 42.5 Å². The zero-order chi connectivity index (χ0) is 20.1. The van der Waals surface area contributed by atoms with Crippen molar-refractivity contribution in [3.05, 3.63) is 59.3 Å². The number of anilines is 1. The lowest BCUT2D eigenvalue weighted by Crippen LogP contribution is -2.24. The molecule has 29 heavy (non-hydrogen) atoms. The summed E-state index contributed by atoms with van der Waals surface area (Å²) in [6, 6.07) is 12.8. The van der Waals surface area contributed by atoms with Gasteiger partial charge in [0.15, 0.2) is 0 Å². The van der Waals surface area contributed by atoms with E-state index in [1.807, 2.05) is 31.2 Å². The van der Waals surface area contributed by atoms with Crippen molar-refractivity contribution in [1.29, 1.82) is 0 Å². The van der Waals surface area contributed by atoms with Crippen molar-refractivity contribution >= 4 is 33.3 Å². The molecule has 5 rings (SSSR count). The summed E-state index contributed by atoms with van der Waals surface area (Å²) < 4.78 is 7.98. The maximum absolute atomic E-state index is 12.5. The normalized spacial score (nSPS) is 15.9. The smallest absolute Gasteiger partial charge is 0.226 e. The molecule has 0 bridgehead atoms. The molecule has 8 heteroatoms. The van der Waals surface area contributed by atoms with Gasteiger partial charge in [-0.2, -0.15) is 9.78 Å². The first-order valence-electron chi connectivity index (χ1n) is 9.16. The molecule has 2 aromatic heterocycles. The molecule has 3 heterocycles. The second-order valence-corrected chi connectivity index (χ2v) is 8.00. The van der Waals surface area contributed by atoms with Crippen LogP contribution in [0.1, 0.15) is 29.2 Å². The second-order valence-electron chi connectivity index (χ2n) is 6.99. The fraction of sp³-hybridized carbons (Fsp3) is 0.190. The van der Waals surface area contributed by atoms with E-state index >= 15 is 0 Å². The fourth-order valence-electron chi connectivity index (χ4n) is 3.82. The third-order valence-electron chi connectivity index (χ3n) is 5.14. The number of carbonyl (C=O) groups excluding carboxylic acids is 1. The van der Waals surface area contributed by atoms with Crippen LogP contribution < -0.4 is 10.1 Å². The Morgan fingerprint density at radius 2 is 2.14 bits per heavy atom. The molecule has 2 aromatic carbocycles. The summed E-state index contributed by atoms with van der Waals surface area (Å²) in [7, 11) is 1.63. The molecule has 0 spiro atoms. The molecule has 1 aliphatic rings. The summed E-state index contributed by atoms with van der Waals surface area (Å²) in [5.41, 5.74) is 3.51. The number of amides is 1. The van der Waals surface area contributed by atoms with Gasteiger partial charge in [-0.1, -0.05) is 23.5 Å². The standard InChI is InChI=1S/C21H18N4O3S/c1-11-19-15(12-4-3-5-13(26)8-12)10-18(27)23-20(19)25(24-11)21-22-16-7-6-14(28-2)9-17(16)29-21/h3-9,15,26H,10H2,1-2H3,(H,23,27). The highest BCUT2D eigenvalue weighted by Crippen LogP contribution is 2.41. The lowest BCUT2D eigenvalue weighted by molar-refractivity contribution is -0.116. The molecule has 4 aromatic rings. The van der Waals surface area contributed by atoms with E-state index < -0.39 is 0 Å². The maximum atomic E-state index is 12.5. The van der Waals surface area contributed by atoms with Gasteiger partial charge in [-0.15, -0.1) is 0 Å². The van der Waals surface area contributed by atoms with E-state index in [9.17, 15) is 9.90 Å². The van der Waals surface area contributed by atoms with Gasteiger partial charge in [0.1, 0.15) is 17.3 Å². The Hall–Kier alpha value is -3.39. The molecule has 0 saturated heterocycles. The predicted octanol–water partition coefficient (Wildman–Crippen LogP) is 3.98. The molecule has 2 N–H and O–H groups in total. The highest BCUT2D eigenvalue weighted by Gasteiger charge is 2.33. The van der Waals surface area contributed by atoms with Crippen LogP contribution in [-0.4, -0.2) is 32.9 Å². The lowest BCUT2D eigenvalue weighted by Gasteiger charge is -2.24. The number of phenols is 1. The van der Waals surface area contributed by atoms with E-state index in [0.717, 1.165) is 32.8 Å². The summed E-state index contributed by atoms with van der Waals surface area (Å²) in [5, 5.41) is 18.2. The first kappa shape index (κ1) is 17.7. The van der Waals surface area contributed by atoms with Crippen molar-refractivity contribution < 1.29 is 14.6 Å². The molecule has 1 atom stereocenters. The van der Waals surface area contributed by atoms with Crippen molar-refractivity contribution in [1.82, 2.24) is 14.8 Å². The first-order chi connectivity index (χ1) is 14.0. The summed E-state index contributed by atoms with van der Waals surface area (Å²) >= 11 is 1.48. The largest absolute Gasteiger partial charge is 0.508 e. The SMILES string of the molecule is COc1ccc2nc(-n3nc(C)c4c3NC(=O)CC4c3cccc(O)c3)sc2c1. The summed E-state index contributed by atoms with van der Waals surface area (Å²) in [5.74, 6) is 1.32. The average Bonchev–Trinajstić information content (AvgIpc) is 3.27. The van der Waals surface area contributed by atoms with Crippen molar-refractivity contribution in [2.75, 3.05) is 12.4 Å². The molecule has 1 aliphatic heterocycles. The predicted molar refractivity (Wildman–Crippen MR) is 111 cm³/mol. The highest BCUT2D eigenvalue weighted by molar-refractivity contribution is 7.20. The number of nitrogens with zero attached hydrogens (tertiary/aromatic N) is 3. The molecule has 0 saturated carbocycles. The molecule has 0 radical (unpaired) electrons. The number of aryl methyl sites for hydroxylation is 1. The lowest BCUT2D eigenvalue weighted by atomic mass is 9.86. The number of hydrogen-bond acceptors (Lipinski definition) is 6. The van der Waals surface area contributed by atoms with Crippen molar-refractivity contribution in [3.63, 3.8) is 0 Å². The number of aromatic nitrogens is 3. The highest BCUT2D eigenvalue weighted by atomic mass is 32.1. The molecule has 1 unspecified atom stereocenters. The molecule has 0 fully saturated rings. The van der Waals surface area contributed by atoms with Crippen LogP contribution in [0.3, 0.4) is 0 Å². The van der Waals surface area contributed by atoms with Crippen LogP contribution in [0.25, 0.3) is 15.3 Å². The Bertz CT molecular complexity index is 1260. The monoisotopic (exact) mass is 406 g/mol. The van der Waals surface area contributed by atoms with Gasteiger partial charge >= 0.3 is 0 Å². The second kappa shape index (κ2) is 6.59. The quantitative estimate of drug-likeness (QED) is 0.537. The number of phenolic OH excluding ortho intramolecular Hbond substituents is 1. The van der Waals surface area contributed by atoms with Gasteiger partial charge in [-0.25, -0.2) is 4.98 Å². The minimum absolute atomic E-state index is 0.0882. The number of nitrogens with one attached hydrogen (secondary N) is 1. The summed E-state index contributed by atoms with van der Waals surface area (Å²) in [4.78, 5) is 17.2. The Morgan fingerprint density at radius 3 is 2.93 bits per heavy atom. The molecular weight excluding hydrogens is 388 g/mol. The number of rotatable bonds is 3. The Labute approximate surface area is 170 Å². The van der Waals surface area contributed by atoms with E-state index in [4.69, 9.17) is 4.74 Å². The number of aromatic hydroxyl groups is 1. The zero-order valence-electron chi connectivity index (χ0n) is 15.8. The van der Waals surface area contributed by atoms with Gasteiger partial charge in [0, 0.05) is 17.9 Å². The van der Waals surface area contributed by atoms with Crippen LogP contribution in [0.2, 0.25) is 0 Å². The molecule has 7 nitrogen and oxygen atoms in total. The summed E-state index contributed by atoms with van der Waals surface area (Å²) in [6.07, 6.45) is 0.306. The van der Waals surface area contributed by atoms with E-state index in [-0.39, 0.29) is 17.6 Å². The minimum atomic E-state index is -0.172. The van der Waals surface area contributed by atoms with Gasteiger partial charge in [-0.3, -0.25) is 4.79 Å². The molecular formula is C21H18N4O3S. The van der Waals surface area contributed by atoms with Crippen LogP contribution in [0.4, 0.5) is 5.82 Å². The third kappa shape index (κ3) is 2.92. The molecule has 146 valence electrons. The van der Waals surface area contributed by atoms with Crippen molar-refractivity contribution in [2.24, 2.45) is 0 Å². The number of thiazole rings is 1. The fourth-order valence-corrected chi connectivity index (χ4v) is 4.77. The minimum Gasteiger partial charge on any atom is -0.508 e. The van der Waals surface area contributed by atoms with Crippen molar-refractivity contribution in [3.8, 4) is 16.6 Å². The van der Waals surface area contributed by atoms with Gasteiger partial charge in [0.25, 0.3) is 0 Å². The van der Waals surface area contributed by atoms with E-state index in [2.05, 4.69) is 15.4 Å². The summed E-state index contributed by atoms with van der Waals surface area (Å²) in [6.45, 7) is 1.93. The average molecular weight is 406 g/mol. The van der Waals surface area contributed by atoms with E-state index in [0.29, 0.717) is 17.4 Å². The van der Waals surface area contributed by atoms with Crippen LogP contribution in [0.5, 0.6) is 11.5 Å². The number of benzene rings is 2. The van der Waals surface area contributed by atoms with Gasteiger partial charge in [-0.05, 0) is 42.8 Å². The van der Waals surface area contributed by atoms with Crippen LogP contribution >= 0.6 is 11.3 Å². The Kier molecular flexibility index (Phi) is 4.02. The van der Waals surface area contributed by atoms with Crippen LogP contribution in [-0.2, 0) is 4.79 Å². The number of fused-ring (bicyclic) bond motifs is 2.